The number of halogens is 6. The van der Waals surface area contributed by atoms with Gasteiger partial charge in [-0.2, -0.15) is 52.7 Å². The van der Waals surface area contributed by atoms with Crippen molar-refractivity contribution < 1.29 is 26.3 Å². The highest BCUT2D eigenvalue weighted by molar-refractivity contribution is 6.14. The first-order chi connectivity index (χ1) is 41.7. The largest absolute Gasteiger partial charge is 0.417 e. The number of benzene rings is 11. The Morgan fingerprint density at radius 2 is 0.605 bits per heavy atom. The molecule has 0 saturated carbocycles. The van der Waals surface area contributed by atoms with Gasteiger partial charge in [-0.3, -0.25) is 0 Å². The van der Waals surface area contributed by atoms with E-state index in [1.807, 2.05) is 130 Å². The fourth-order valence-electron chi connectivity index (χ4n) is 11.9. The first-order valence-electron chi connectivity index (χ1n) is 26.8. The number of hydrogen-bond donors (Lipinski definition) is 0. The van der Waals surface area contributed by atoms with Crippen LogP contribution in [0.5, 0.6) is 0 Å². The molecule has 0 spiro atoms. The van der Waals surface area contributed by atoms with Gasteiger partial charge in [0.05, 0.1) is 103 Å². The minimum absolute atomic E-state index is 0.0543. The summed E-state index contributed by atoms with van der Waals surface area (Å²) in [6, 6.07) is 74.4. The average Bonchev–Trinajstić information content (AvgIpc) is 1.95. The van der Waals surface area contributed by atoms with E-state index in [-0.39, 0.29) is 17.2 Å². The molecule has 2 heterocycles. The molecule has 7 nitrogen and oxygen atoms in total. The lowest BCUT2D eigenvalue weighted by molar-refractivity contribution is -0.142. The fraction of sp³-hybridized carbons (Fsp3) is 0.0274. The molecule has 0 unspecified atom stereocenters. The van der Waals surface area contributed by atoms with Gasteiger partial charge in [0.1, 0.15) is 0 Å². The second-order valence-electron chi connectivity index (χ2n) is 20.6. The number of nitrogens with zero attached hydrogens (tertiary/aromatic N) is 7. The Morgan fingerprint density at radius 1 is 0.279 bits per heavy atom. The van der Waals surface area contributed by atoms with Crippen LogP contribution in [-0.4, -0.2) is 9.13 Å². The molecule has 2 aromatic heterocycles. The maximum Gasteiger partial charge on any atom is 0.417 e. The number of rotatable bonds is 8. The molecule has 11 aromatic carbocycles. The highest BCUT2D eigenvalue weighted by atomic mass is 19.4. The molecule has 0 fully saturated rings. The third-order valence-electron chi connectivity index (χ3n) is 15.8. The van der Waals surface area contributed by atoms with E-state index < -0.39 is 29.0 Å². The summed E-state index contributed by atoms with van der Waals surface area (Å²) < 4.78 is 92.5. The van der Waals surface area contributed by atoms with Gasteiger partial charge in [-0.15, -0.1) is 0 Å². The second-order valence-corrected chi connectivity index (χ2v) is 20.6. The van der Waals surface area contributed by atoms with Crippen molar-refractivity contribution in [2.24, 2.45) is 0 Å². The van der Waals surface area contributed by atoms with Crippen LogP contribution >= 0.6 is 0 Å². The molecule has 0 saturated heterocycles. The van der Waals surface area contributed by atoms with Crippen LogP contribution < -0.4 is 0 Å². The second kappa shape index (κ2) is 20.8. The molecular formula is C73H37F6N7. The van der Waals surface area contributed by atoms with E-state index in [0.29, 0.717) is 117 Å². The van der Waals surface area contributed by atoms with Gasteiger partial charge in [-0.25, -0.2) is 0 Å². The summed E-state index contributed by atoms with van der Waals surface area (Å²) in [5.41, 5.74) is 8.20. The van der Waals surface area contributed by atoms with E-state index >= 15 is 13.2 Å². The van der Waals surface area contributed by atoms with E-state index in [2.05, 4.69) is 30.3 Å². The third-order valence-corrected chi connectivity index (χ3v) is 15.8. The Hall–Kier alpha value is -12.0. The zero-order valence-corrected chi connectivity index (χ0v) is 44.8. The molecule has 13 rings (SSSR count). The van der Waals surface area contributed by atoms with E-state index in [9.17, 15) is 39.5 Å². The maximum absolute atomic E-state index is 15.3. The molecule has 0 N–H and O–H groups in total. The van der Waals surface area contributed by atoms with Gasteiger partial charge in [0.15, 0.2) is 0 Å². The molecule has 86 heavy (non-hydrogen) atoms. The van der Waals surface area contributed by atoms with Crippen molar-refractivity contribution >= 4 is 43.6 Å². The first kappa shape index (κ1) is 53.4. The van der Waals surface area contributed by atoms with Gasteiger partial charge in [-0.05, 0) is 159 Å². The lowest BCUT2D eigenvalue weighted by Crippen LogP contribution is -2.12. The summed E-state index contributed by atoms with van der Waals surface area (Å²) in [6.45, 7) is 0. The van der Waals surface area contributed by atoms with E-state index in [1.165, 1.54) is 12.1 Å². The quantitative estimate of drug-likeness (QED) is 0.140. The highest BCUT2D eigenvalue weighted by Gasteiger charge is 2.39. The van der Waals surface area contributed by atoms with Crippen LogP contribution in [0.25, 0.3) is 122 Å². The van der Waals surface area contributed by atoms with Crippen LogP contribution in [0, 0.1) is 56.7 Å². The Kier molecular flexibility index (Phi) is 12.9. The van der Waals surface area contributed by atoms with Crippen molar-refractivity contribution in [2.45, 2.75) is 12.4 Å². The van der Waals surface area contributed by atoms with Crippen LogP contribution in [0.15, 0.2) is 224 Å². The van der Waals surface area contributed by atoms with Crippen molar-refractivity contribution in [2.75, 3.05) is 0 Å². The smallest absolute Gasteiger partial charge is 0.309 e. The topological polar surface area (TPSA) is 129 Å². The predicted molar refractivity (Wildman–Crippen MR) is 321 cm³/mol. The van der Waals surface area contributed by atoms with Crippen LogP contribution in [0.2, 0.25) is 0 Å². The zero-order chi connectivity index (χ0) is 59.6. The van der Waals surface area contributed by atoms with E-state index in [0.717, 1.165) is 28.0 Å². The van der Waals surface area contributed by atoms with E-state index in [4.69, 9.17) is 0 Å². The molecule has 406 valence electrons. The van der Waals surface area contributed by atoms with E-state index in [1.54, 1.807) is 72.8 Å². The number of hydrogen-bond acceptors (Lipinski definition) is 5. The fourth-order valence-corrected chi connectivity index (χ4v) is 11.9. The van der Waals surface area contributed by atoms with Gasteiger partial charge >= 0.3 is 12.4 Å². The lowest BCUT2D eigenvalue weighted by Gasteiger charge is -2.21. The minimum Gasteiger partial charge on any atom is -0.309 e. The molecule has 0 aliphatic heterocycles. The summed E-state index contributed by atoms with van der Waals surface area (Å²) in [6.07, 6.45) is -10.3. The molecule has 13 heteroatoms. The SMILES string of the molecule is N#Cc1ccc(-c2ccc(-c3ccc(C(F)(F)F)cc3C(F)(F)F)cc2-n2c3ccc(-c4ccccc4C#N)cc3c3cc(-c4ccccc4C#N)ccc32)c(-n2c3ccc(-c4ccccc4C#N)cc3c3cc(-c4ccccc4C#N)ccc32)c1. The van der Waals surface area contributed by atoms with Crippen molar-refractivity contribution in [1.82, 2.24) is 9.13 Å². The average molecular weight is 1130 g/mol. The minimum atomic E-state index is -5.22. The molecular weight excluding hydrogens is 1090 g/mol. The predicted octanol–water partition coefficient (Wildman–Crippen LogP) is 19.3. The molecule has 0 amide bonds. The Bertz CT molecular complexity index is 5010. The summed E-state index contributed by atoms with van der Waals surface area (Å²) in [7, 11) is 0. The summed E-state index contributed by atoms with van der Waals surface area (Å²) in [5.74, 6) is 0. The molecule has 0 radical (unpaired) electrons. The van der Waals surface area contributed by atoms with Crippen LogP contribution in [0.1, 0.15) is 38.9 Å². The van der Waals surface area contributed by atoms with Crippen LogP contribution in [0.4, 0.5) is 26.3 Å². The number of fused-ring (bicyclic) bond motifs is 6. The van der Waals surface area contributed by atoms with Crippen LogP contribution in [-0.2, 0) is 12.4 Å². The molecule has 0 aliphatic rings. The highest BCUT2D eigenvalue weighted by Crippen LogP contribution is 2.48. The van der Waals surface area contributed by atoms with Crippen molar-refractivity contribution in [3.05, 3.63) is 263 Å². The lowest BCUT2D eigenvalue weighted by atomic mass is 9.92. The number of nitriles is 5. The Morgan fingerprint density at radius 3 is 0.953 bits per heavy atom. The normalized spacial score (nSPS) is 11.5. The van der Waals surface area contributed by atoms with Gasteiger partial charge in [0.25, 0.3) is 0 Å². The molecule has 0 aliphatic carbocycles. The third kappa shape index (κ3) is 9.00. The monoisotopic (exact) mass is 1130 g/mol. The van der Waals surface area contributed by atoms with Crippen molar-refractivity contribution in [3.8, 4) is 108 Å². The van der Waals surface area contributed by atoms with Gasteiger partial charge in [0.2, 0.25) is 0 Å². The number of aromatic nitrogens is 2. The molecule has 13 aromatic rings. The standard InChI is InChI=1S/C73H37F6N7/c74-72(75,76)53-23-26-58(65(37-53)73(77,78)79)48-18-25-60(71(36-48)86-68-29-21-46(56-15-7-3-11-51(56)41-83)34-63(68)64-35-47(22-30-69(64)86)57-16-8-4-12-52(57)42-84)59-24-17-43(38-80)31-70(59)85-66-27-19-44(54-13-5-1-9-49(54)39-81)32-61(66)62-33-45(20-28-67(62)85)55-14-6-2-10-50(55)40-82/h1-37H. The summed E-state index contributed by atoms with van der Waals surface area (Å²) >= 11 is 0. The van der Waals surface area contributed by atoms with Crippen molar-refractivity contribution in [3.63, 3.8) is 0 Å². The number of alkyl halides is 6. The van der Waals surface area contributed by atoms with Crippen molar-refractivity contribution in [1.29, 1.82) is 26.3 Å². The maximum atomic E-state index is 15.3. The zero-order valence-electron chi connectivity index (χ0n) is 44.8. The van der Waals surface area contributed by atoms with Crippen LogP contribution in [0.3, 0.4) is 0 Å². The molecule has 0 bridgehead atoms. The van der Waals surface area contributed by atoms with Gasteiger partial charge in [-0.1, -0.05) is 121 Å². The summed E-state index contributed by atoms with van der Waals surface area (Å²) in [5, 5.41) is 54.5. The van der Waals surface area contributed by atoms with Gasteiger partial charge < -0.3 is 9.13 Å². The summed E-state index contributed by atoms with van der Waals surface area (Å²) in [4.78, 5) is 0. The first-order valence-corrected chi connectivity index (χ1v) is 26.8. The Labute approximate surface area is 487 Å². The van der Waals surface area contributed by atoms with Gasteiger partial charge in [0, 0.05) is 32.7 Å². The Balaban J connectivity index is 1.15. The molecule has 0 atom stereocenters.